The Kier molecular flexibility index (Phi) is 12.1. The third-order valence-electron chi connectivity index (χ3n) is 6.09. The maximum atomic E-state index is 6.21. The zero-order valence-electron chi connectivity index (χ0n) is 18.0. The largest absolute Gasteiger partial charge is 0.372 e. The Morgan fingerprint density at radius 1 is 0.741 bits per heavy atom. The van der Waals surface area contributed by atoms with Crippen LogP contribution in [0.3, 0.4) is 0 Å². The van der Waals surface area contributed by atoms with Gasteiger partial charge in [0.25, 0.3) is 0 Å². The second-order valence-corrected chi connectivity index (χ2v) is 10.3. The van der Waals surface area contributed by atoms with Gasteiger partial charge in [0.05, 0.1) is 35.9 Å². The summed E-state index contributed by atoms with van der Waals surface area (Å²) in [6, 6.07) is 0. The van der Waals surface area contributed by atoms with Crippen LogP contribution in [-0.2, 0) is 13.1 Å². The molecule has 0 radical (unpaired) electrons. The van der Waals surface area contributed by atoms with Crippen molar-refractivity contribution in [2.24, 2.45) is 11.8 Å². The van der Waals surface area contributed by atoms with Gasteiger partial charge in [0.15, 0.2) is 0 Å². The van der Waals surface area contributed by atoms with Gasteiger partial charge in [-0.25, -0.2) is 3.63 Å². The third kappa shape index (κ3) is 8.86. The number of hydrogen-bond acceptors (Lipinski definition) is 5. The highest BCUT2D eigenvalue weighted by Gasteiger charge is 2.41. The van der Waals surface area contributed by atoms with E-state index in [0.29, 0.717) is 34.5 Å². The lowest BCUT2D eigenvalue weighted by atomic mass is 9.93. The minimum atomic E-state index is 0.407. The Balaban J connectivity index is 1.80. The van der Waals surface area contributed by atoms with Crippen LogP contribution in [0.2, 0.25) is 0 Å². The predicted molar refractivity (Wildman–Crippen MR) is 119 cm³/mol. The summed E-state index contributed by atoms with van der Waals surface area (Å²) in [7, 11) is 0. The van der Waals surface area contributed by atoms with Crippen molar-refractivity contribution in [3.63, 3.8) is 0 Å². The average Bonchev–Trinajstić information content (AvgIpc) is 3.57. The van der Waals surface area contributed by atoms with Crippen molar-refractivity contribution in [2.45, 2.75) is 115 Å². The van der Waals surface area contributed by atoms with Crippen LogP contribution in [0.25, 0.3) is 0 Å². The van der Waals surface area contributed by atoms with E-state index >= 15 is 0 Å². The minimum Gasteiger partial charge on any atom is -0.372 e. The van der Waals surface area contributed by atoms with E-state index in [0.717, 1.165) is 13.2 Å². The molecule has 0 aromatic rings. The third-order valence-corrected chi connectivity index (χ3v) is 8.54. The fraction of sp³-hybridized carbons (Fsp3) is 1.00. The lowest BCUT2D eigenvalue weighted by Crippen LogP contribution is -2.25. The molecule has 6 unspecified atom stereocenters. The Morgan fingerprint density at radius 2 is 1.15 bits per heavy atom. The predicted octanol–water partition coefficient (Wildman–Crippen LogP) is 7.05. The topological polar surface area (TPSA) is 34.3 Å². The van der Waals surface area contributed by atoms with Crippen molar-refractivity contribution in [1.82, 2.24) is 0 Å². The first kappa shape index (κ1) is 23.9. The van der Waals surface area contributed by atoms with Gasteiger partial charge >= 0.3 is 0 Å². The molecule has 6 atom stereocenters. The highest BCUT2D eigenvalue weighted by atomic mass is 32.2. The van der Waals surface area contributed by atoms with Gasteiger partial charge < -0.3 is 9.47 Å². The highest BCUT2D eigenvalue weighted by molar-refractivity contribution is 8.08. The van der Waals surface area contributed by atoms with E-state index in [1.807, 2.05) is 0 Å². The molecule has 3 nitrogen and oxygen atoms in total. The summed E-state index contributed by atoms with van der Waals surface area (Å²) in [6.45, 7) is 11.0. The van der Waals surface area contributed by atoms with Gasteiger partial charge in [0.2, 0.25) is 0 Å². The van der Waals surface area contributed by atoms with Crippen molar-refractivity contribution in [1.29, 1.82) is 0 Å². The quantitative estimate of drug-likeness (QED) is 0.135. The molecule has 0 bridgehead atoms. The fourth-order valence-electron chi connectivity index (χ4n) is 4.01. The average molecular weight is 419 g/mol. The molecule has 0 aromatic carbocycles. The Labute approximate surface area is 176 Å². The molecule has 27 heavy (non-hydrogen) atoms. The molecule has 0 amide bonds. The first-order chi connectivity index (χ1) is 13.2. The van der Waals surface area contributed by atoms with Crippen LogP contribution in [0, 0.1) is 11.8 Å². The number of ether oxygens (including phenoxy) is 2. The first-order valence-electron chi connectivity index (χ1n) is 11.5. The monoisotopic (exact) mass is 418 g/mol. The second-order valence-electron chi connectivity index (χ2n) is 8.26. The van der Waals surface area contributed by atoms with Crippen LogP contribution >= 0.6 is 24.1 Å². The lowest BCUT2D eigenvalue weighted by Gasteiger charge is -2.26. The standard InChI is InChI=1S/C22H42O3S2/c1-5-9-11-13-17(7-3)21(19-15-23-19)26-25-27-22(20-16-24-20)18(8-4)14-12-10-6-2/h17-22H,5-16H2,1-4H3. The van der Waals surface area contributed by atoms with Gasteiger partial charge in [-0.05, 0) is 24.7 Å². The number of hydrogen-bond donors (Lipinski definition) is 0. The number of unbranched alkanes of at least 4 members (excludes halogenated alkanes) is 4. The highest BCUT2D eigenvalue weighted by Crippen LogP contribution is 2.42. The molecule has 2 aliphatic rings. The molecule has 2 rings (SSSR count). The van der Waals surface area contributed by atoms with Gasteiger partial charge in [0.1, 0.15) is 0 Å². The zero-order chi connectivity index (χ0) is 19.5. The Morgan fingerprint density at radius 3 is 1.44 bits per heavy atom. The molecular weight excluding hydrogens is 376 g/mol. The van der Waals surface area contributed by atoms with E-state index in [4.69, 9.17) is 13.1 Å². The molecule has 2 heterocycles. The zero-order valence-corrected chi connectivity index (χ0v) is 19.6. The summed E-state index contributed by atoms with van der Waals surface area (Å²) in [5, 5.41) is 0.973. The van der Waals surface area contributed by atoms with Crippen molar-refractivity contribution in [3.05, 3.63) is 0 Å². The Bertz CT molecular complexity index is 341. The summed E-state index contributed by atoms with van der Waals surface area (Å²) >= 11 is 3.39. The summed E-state index contributed by atoms with van der Waals surface area (Å²) in [5.74, 6) is 1.41. The molecule has 0 aromatic heterocycles. The maximum Gasteiger partial charge on any atom is 0.0953 e. The van der Waals surface area contributed by atoms with Crippen molar-refractivity contribution in [2.75, 3.05) is 13.2 Å². The normalized spacial score (nSPS) is 25.8. The SMILES string of the molecule is CCCCCC(CC)C(SOSC(C(CC)CCCCC)C1CO1)C1CO1. The molecule has 0 N–H and O–H groups in total. The molecule has 0 saturated carbocycles. The molecule has 5 heteroatoms. The summed E-state index contributed by atoms with van der Waals surface area (Å²) in [4.78, 5) is 0. The molecule has 2 aliphatic heterocycles. The Hall–Kier alpha value is 0.580. The molecule has 160 valence electrons. The number of epoxide rings is 2. The summed E-state index contributed by atoms with van der Waals surface area (Å²) in [6.07, 6.45) is 13.8. The molecule has 2 fully saturated rings. The molecule has 0 aliphatic carbocycles. The van der Waals surface area contributed by atoms with Crippen LogP contribution in [-0.4, -0.2) is 35.9 Å². The fourth-order valence-corrected chi connectivity index (χ4v) is 6.45. The van der Waals surface area contributed by atoms with Crippen LogP contribution < -0.4 is 0 Å². The minimum absolute atomic E-state index is 0.407. The molecule has 0 spiro atoms. The van der Waals surface area contributed by atoms with E-state index in [9.17, 15) is 0 Å². The molecule has 2 saturated heterocycles. The second kappa shape index (κ2) is 13.7. The smallest absolute Gasteiger partial charge is 0.0953 e. The van der Waals surface area contributed by atoms with E-state index in [1.165, 1.54) is 64.2 Å². The van der Waals surface area contributed by atoms with Crippen molar-refractivity contribution < 1.29 is 13.1 Å². The van der Waals surface area contributed by atoms with Crippen LogP contribution in [0.1, 0.15) is 91.9 Å². The van der Waals surface area contributed by atoms with Gasteiger partial charge in [-0.3, -0.25) is 0 Å². The van der Waals surface area contributed by atoms with Crippen molar-refractivity contribution in [3.8, 4) is 0 Å². The maximum absolute atomic E-state index is 6.21. The van der Waals surface area contributed by atoms with E-state index < -0.39 is 0 Å². The van der Waals surface area contributed by atoms with Gasteiger partial charge in [-0.15, -0.1) is 0 Å². The first-order valence-corrected chi connectivity index (χ1v) is 13.1. The summed E-state index contributed by atoms with van der Waals surface area (Å²) in [5.41, 5.74) is 0. The van der Waals surface area contributed by atoms with Gasteiger partial charge in [0, 0.05) is 24.1 Å². The van der Waals surface area contributed by atoms with Crippen LogP contribution in [0.15, 0.2) is 0 Å². The lowest BCUT2D eigenvalue weighted by molar-refractivity contribution is 0.332. The van der Waals surface area contributed by atoms with E-state index in [-0.39, 0.29) is 0 Å². The van der Waals surface area contributed by atoms with Crippen molar-refractivity contribution >= 4 is 24.1 Å². The summed E-state index contributed by atoms with van der Waals surface area (Å²) < 4.78 is 17.6. The van der Waals surface area contributed by atoms with Crippen LogP contribution in [0.4, 0.5) is 0 Å². The van der Waals surface area contributed by atoms with Gasteiger partial charge in [-0.1, -0.05) is 79.1 Å². The number of rotatable bonds is 18. The van der Waals surface area contributed by atoms with Gasteiger partial charge in [-0.2, -0.15) is 0 Å². The molecular formula is C22H42O3S2. The van der Waals surface area contributed by atoms with E-state index in [2.05, 4.69) is 27.7 Å². The van der Waals surface area contributed by atoms with Crippen LogP contribution in [0.5, 0.6) is 0 Å². The van der Waals surface area contributed by atoms with E-state index in [1.54, 1.807) is 24.1 Å².